The molecule has 0 radical (unpaired) electrons. The van der Waals surface area contributed by atoms with Crippen LogP contribution >= 0.6 is 12.2 Å². The van der Waals surface area contributed by atoms with E-state index in [1.54, 1.807) is 0 Å². The van der Waals surface area contributed by atoms with E-state index in [2.05, 4.69) is 11.8 Å². The second kappa shape index (κ2) is 6.22. The molecule has 0 bridgehead atoms. The molecule has 1 aliphatic heterocycles. The molecule has 2 N–H and O–H groups in total. The van der Waals surface area contributed by atoms with E-state index in [9.17, 15) is 13.2 Å². The molecule has 1 unspecified atom stereocenters. The summed E-state index contributed by atoms with van der Waals surface area (Å²) in [7, 11) is 0. The van der Waals surface area contributed by atoms with Crippen molar-refractivity contribution in [2.45, 2.75) is 32.4 Å². The lowest BCUT2D eigenvalue weighted by molar-refractivity contribution is -0.137. The summed E-state index contributed by atoms with van der Waals surface area (Å²) >= 11 is 4.78. The standard InChI is InChI=1S/C15H19F3N2S/c1-2-3-10-6-7-20(9-10)11-4-5-13(15(16,17)18)12(8-11)14(19)21/h4-5,8,10H,2-3,6-7,9H2,1H3,(H2,19,21). The molecule has 1 aromatic carbocycles. The summed E-state index contributed by atoms with van der Waals surface area (Å²) in [6.45, 7) is 3.90. The molecule has 1 atom stereocenters. The molecule has 21 heavy (non-hydrogen) atoms. The van der Waals surface area contributed by atoms with E-state index in [1.165, 1.54) is 12.1 Å². The summed E-state index contributed by atoms with van der Waals surface area (Å²) < 4.78 is 38.9. The fraction of sp³-hybridized carbons (Fsp3) is 0.533. The Hall–Kier alpha value is -1.30. The predicted octanol–water partition coefficient (Wildman–Crippen LogP) is 3.97. The van der Waals surface area contributed by atoms with Gasteiger partial charge in [0.15, 0.2) is 0 Å². The van der Waals surface area contributed by atoms with E-state index in [1.807, 2.05) is 0 Å². The van der Waals surface area contributed by atoms with Crippen molar-refractivity contribution < 1.29 is 13.2 Å². The van der Waals surface area contributed by atoms with Crippen LogP contribution in [0.1, 0.15) is 37.3 Å². The highest BCUT2D eigenvalue weighted by Gasteiger charge is 2.34. The van der Waals surface area contributed by atoms with E-state index in [4.69, 9.17) is 18.0 Å². The van der Waals surface area contributed by atoms with E-state index in [0.717, 1.165) is 44.1 Å². The first-order valence-electron chi connectivity index (χ1n) is 7.09. The summed E-state index contributed by atoms with van der Waals surface area (Å²) in [6.07, 6.45) is -1.08. The van der Waals surface area contributed by atoms with Gasteiger partial charge in [-0.2, -0.15) is 13.2 Å². The maximum absolute atomic E-state index is 13.0. The molecule has 2 rings (SSSR count). The van der Waals surface area contributed by atoms with E-state index < -0.39 is 11.7 Å². The first-order chi connectivity index (χ1) is 9.82. The van der Waals surface area contributed by atoms with Crippen LogP contribution in [0.2, 0.25) is 0 Å². The lowest BCUT2D eigenvalue weighted by Gasteiger charge is -2.21. The van der Waals surface area contributed by atoms with Crippen molar-refractivity contribution in [2.75, 3.05) is 18.0 Å². The summed E-state index contributed by atoms with van der Waals surface area (Å²) in [5.41, 5.74) is 5.38. The van der Waals surface area contributed by atoms with Gasteiger partial charge in [-0.3, -0.25) is 0 Å². The van der Waals surface area contributed by atoms with Gasteiger partial charge < -0.3 is 10.6 Å². The number of halogens is 3. The third-order valence-electron chi connectivity index (χ3n) is 3.92. The summed E-state index contributed by atoms with van der Waals surface area (Å²) in [6, 6.07) is 4.06. The monoisotopic (exact) mass is 316 g/mol. The molecule has 2 nitrogen and oxygen atoms in total. The second-order valence-corrected chi connectivity index (χ2v) is 5.92. The topological polar surface area (TPSA) is 29.3 Å². The molecule has 1 aliphatic rings. The Morgan fingerprint density at radius 2 is 2.14 bits per heavy atom. The molecular weight excluding hydrogens is 297 g/mol. The first kappa shape index (κ1) is 16.1. The van der Waals surface area contributed by atoms with Gasteiger partial charge in [0.2, 0.25) is 0 Å². The SMILES string of the molecule is CCCC1CCN(c2ccc(C(F)(F)F)c(C(N)=S)c2)C1. The Labute approximate surface area is 128 Å². The van der Waals surface area contributed by atoms with Crippen molar-refractivity contribution in [1.82, 2.24) is 0 Å². The number of benzene rings is 1. The predicted molar refractivity (Wildman–Crippen MR) is 82.6 cm³/mol. The van der Waals surface area contributed by atoms with Gasteiger partial charge >= 0.3 is 6.18 Å². The Bertz CT molecular complexity index is 528. The summed E-state index contributed by atoms with van der Waals surface area (Å²) in [5.74, 6) is 0.616. The van der Waals surface area contributed by atoms with Crippen molar-refractivity contribution in [3.63, 3.8) is 0 Å². The average molecular weight is 316 g/mol. The lowest BCUT2D eigenvalue weighted by atomic mass is 10.0. The Balaban J connectivity index is 2.27. The largest absolute Gasteiger partial charge is 0.417 e. The van der Waals surface area contributed by atoms with Crippen molar-refractivity contribution >= 4 is 22.9 Å². The van der Waals surface area contributed by atoms with E-state index in [-0.39, 0.29) is 10.6 Å². The molecule has 0 aliphatic carbocycles. The number of nitrogens with zero attached hydrogens (tertiary/aromatic N) is 1. The third-order valence-corrected chi connectivity index (χ3v) is 4.14. The van der Waals surface area contributed by atoms with Crippen LogP contribution in [-0.2, 0) is 6.18 Å². The van der Waals surface area contributed by atoms with Crippen LogP contribution in [0.3, 0.4) is 0 Å². The Kier molecular flexibility index (Phi) is 4.76. The zero-order valence-corrected chi connectivity index (χ0v) is 12.7. The van der Waals surface area contributed by atoms with Crippen molar-refractivity contribution in [3.05, 3.63) is 29.3 Å². The summed E-state index contributed by atoms with van der Waals surface area (Å²) in [5, 5.41) is 0. The molecule has 1 aromatic rings. The number of anilines is 1. The first-order valence-corrected chi connectivity index (χ1v) is 7.49. The molecule has 0 saturated carbocycles. The zero-order valence-electron chi connectivity index (χ0n) is 11.9. The van der Waals surface area contributed by atoms with Crippen molar-refractivity contribution in [2.24, 2.45) is 11.7 Å². The van der Waals surface area contributed by atoms with Gasteiger partial charge in [0.25, 0.3) is 0 Å². The molecule has 0 aromatic heterocycles. The zero-order chi connectivity index (χ0) is 15.6. The summed E-state index contributed by atoms with van der Waals surface area (Å²) in [4.78, 5) is 1.90. The third kappa shape index (κ3) is 3.67. The Morgan fingerprint density at radius 3 is 2.71 bits per heavy atom. The fourth-order valence-electron chi connectivity index (χ4n) is 2.89. The van der Waals surface area contributed by atoms with Crippen LogP contribution in [0.15, 0.2) is 18.2 Å². The minimum atomic E-state index is -4.44. The molecular formula is C15H19F3N2S. The van der Waals surface area contributed by atoms with Crippen LogP contribution < -0.4 is 10.6 Å². The molecule has 1 fully saturated rings. The maximum Gasteiger partial charge on any atom is 0.417 e. The molecule has 0 amide bonds. The van der Waals surface area contributed by atoms with Crippen LogP contribution in [0, 0.1) is 5.92 Å². The average Bonchev–Trinajstić information content (AvgIpc) is 2.86. The normalized spacial score (nSPS) is 19.0. The maximum atomic E-state index is 13.0. The van der Waals surface area contributed by atoms with Gasteiger partial charge in [-0.15, -0.1) is 0 Å². The molecule has 6 heteroatoms. The van der Waals surface area contributed by atoms with E-state index in [0.29, 0.717) is 5.92 Å². The molecule has 0 spiro atoms. The number of thiocarbonyl (C=S) groups is 1. The minimum absolute atomic E-state index is 0.0889. The molecule has 116 valence electrons. The number of hydrogen-bond donors (Lipinski definition) is 1. The van der Waals surface area contributed by atoms with E-state index >= 15 is 0 Å². The van der Waals surface area contributed by atoms with Crippen LogP contribution in [0.25, 0.3) is 0 Å². The highest BCUT2D eigenvalue weighted by Crippen LogP contribution is 2.35. The van der Waals surface area contributed by atoms with Crippen LogP contribution in [0.5, 0.6) is 0 Å². The van der Waals surface area contributed by atoms with Crippen LogP contribution in [0.4, 0.5) is 18.9 Å². The van der Waals surface area contributed by atoms with Gasteiger partial charge in [-0.1, -0.05) is 25.6 Å². The van der Waals surface area contributed by atoms with Crippen molar-refractivity contribution in [3.8, 4) is 0 Å². The molecule has 1 heterocycles. The lowest BCUT2D eigenvalue weighted by Crippen LogP contribution is -2.22. The number of hydrogen-bond acceptors (Lipinski definition) is 2. The smallest absolute Gasteiger partial charge is 0.389 e. The van der Waals surface area contributed by atoms with Gasteiger partial charge in [0.1, 0.15) is 4.99 Å². The fourth-order valence-corrected chi connectivity index (χ4v) is 3.06. The van der Waals surface area contributed by atoms with Gasteiger partial charge in [0.05, 0.1) is 5.56 Å². The number of rotatable bonds is 4. The minimum Gasteiger partial charge on any atom is -0.389 e. The second-order valence-electron chi connectivity index (χ2n) is 5.48. The highest BCUT2D eigenvalue weighted by atomic mass is 32.1. The Morgan fingerprint density at radius 1 is 1.43 bits per heavy atom. The van der Waals surface area contributed by atoms with Gasteiger partial charge in [0, 0.05) is 24.3 Å². The van der Waals surface area contributed by atoms with Gasteiger partial charge in [-0.05, 0) is 37.0 Å². The van der Waals surface area contributed by atoms with Crippen LogP contribution in [-0.4, -0.2) is 18.1 Å². The number of alkyl halides is 3. The number of nitrogens with two attached hydrogens (primary N) is 1. The van der Waals surface area contributed by atoms with Gasteiger partial charge in [-0.25, -0.2) is 0 Å². The quantitative estimate of drug-likeness (QED) is 0.852. The molecule has 1 saturated heterocycles. The highest BCUT2D eigenvalue weighted by molar-refractivity contribution is 7.80. The van der Waals surface area contributed by atoms with Crippen molar-refractivity contribution in [1.29, 1.82) is 0 Å².